The van der Waals surface area contributed by atoms with Crippen molar-refractivity contribution in [3.63, 3.8) is 0 Å². The standard InChI is InChI=1S/C63H78N2O4/c1-3-62(48-68-49-62)46-66-44-20-10-7-5-6-8-14-22-52-28-36-58(37-29-52)64(56-24-16-12-17-25-56)60-40-32-54(33-41-60)55-34-42-61(43-35-55)65(57-26-18-13-19-27-57)59-38-30-53(31-39-59)23-15-9-11-21-45-67-47-63(4-2)50-69-51-63/h12-13,16-19,24-43H,3-11,14-15,20-23,44-51H2,1-2H3. The summed E-state index contributed by atoms with van der Waals surface area (Å²) in [6.07, 6.45) is 18.2. The minimum absolute atomic E-state index is 0.280. The molecule has 0 aliphatic carbocycles. The fraction of sp³-hybridized carbons (Fsp3) is 0.429. The monoisotopic (exact) mass is 927 g/mol. The molecule has 2 fully saturated rings. The van der Waals surface area contributed by atoms with Crippen LogP contribution in [0, 0.1) is 10.8 Å². The lowest BCUT2D eigenvalue weighted by Crippen LogP contribution is -2.45. The molecular formula is C63H78N2O4. The van der Waals surface area contributed by atoms with Crippen LogP contribution in [0.3, 0.4) is 0 Å². The minimum atomic E-state index is 0.280. The van der Waals surface area contributed by atoms with Gasteiger partial charge in [-0.15, -0.1) is 0 Å². The van der Waals surface area contributed by atoms with Gasteiger partial charge >= 0.3 is 0 Å². The second-order valence-corrected chi connectivity index (χ2v) is 20.0. The van der Waals surface area contributed by atoms with Crippen LogP contribution in [0.2, 0.25) is 0 Å². The molecule has 0 radical (unpaired) electrons. The highest BCUT2D eigenvalue weighted by atomic mass is 16.5. The van der Waals surface area contributed by atoms with Gasteiger partial charge in [0.05, 0.1) is 39.6 Å². The largest absolute Gasteiger partial charge is 0.381 e. The van der Waals surface area contributed by atoms with E-state index in [0.29, 0.717) is 5.41 Å². The number of hydrogen-bond acceptors (Lipinski definition) is 6. The van der Waals surface area contributed by atoms with Gasteiger partial charge < -0.3 is 28.7 Å². The van der Waals surface area contributed by atoms with Crippen molar-refractivity contribution in [3.8, 4) is 11.1 Å². The molecule has 0 atom stereocenters. The molecule has 6 aromatic carbocycles. The molecule has 6 nitrogen and oxygen atoms in total. The lowest BCUT2D eigenvalue weighted by Gasteiger charge is -2.40. The Bertz CT molecular complexity index is 2330. The zero-order valence-electron chi connectivity index (χ0n) is 41.8. The van der Waals surface area contributed by atoms with Gasteiger partial charge in [-0.2, -0.15) is 0 Å². The Morgan fingerprint density at radius 2 is 0.667 bits per heavy atom. The number of ether oxygens (including phenoxy) is 4. The van der Waals surface area contributed by atoms with Crippen molar-refractivity contribution >= 4 is 34.1 Å². The van der Waals surface area contributed by atoms with Gasteiger partial charge in [0.1, 0.15) is 0 Å². The van der Waals surface area contributed by atoms with E-state index in [-0.39, 0.29) is 5.41 Å². The average molecular weight is 927 g/mol. The summed E-state index contributed by atoms with van der Waals surface area (Å²) in [5.74, 6) is 0. The summed E-state index contributed by atoms with van der Waals surface area (Å²) in [4.78, 5) is 4.72. The third-order valence-electron chi connectivity index (χ3n) is 14.7. The molecule has 8 rings (SSSR count). The van der Waals surface area contributed by atoms with Crippen LogP contribution < -0.4 is 9.80 Å². The lowest BCUT2D eigenvalue weighted by molar-refractivity contribution is -0.150. The highest BCUT2D eigenvalue weighted by molar-refractivity contribution is 5.80. The predicted octanol–water partition coefficient (Wildman–Crippen LogP) is 16.6. The number of aryl methyl sites for hydroxylation is 2. The van der Waals surface area contributed by atoms with E-state index in [1.165, 1.54) is 92.1 Å². The van der Waals surface area contributed by atoms with Gasteiger partial charge in [0, 0.05) is 58.2 Å². The summed E-state index contributed by atoms with van der Waals surface area (Å²) >= 11 is 0. The summed E-state index contributed by atoms with van der Waals surface area (Å²) in [7, 11) is 0. The van der Waals surface area contributed by atoms with Gasteiger partial charge in [-0.3, -0.25) is 0 Å². The summed E-state index contributed by atoms with van der Waals surface area (Å²) in [6, 6.07) is 57.8. The zero-order chi connectivity index (χ0) is 47.4. The number of rotatable bonds is 30. The quantitative estimate of drug-likeness (QED) is 0.0419. The van der Waals surface area contributed by atoms with Crippen molar-refractivity contribution in [1.82, 2.24) is 0 Å². The van der Waals surface area contributed by atoms with E-state index in [0.717, 1.165) is 113 Å². The maximum atomic E-state index is 6.02. The molecule has 2 aliphatic rings. The molecule has 0 bridgehead atoms. The van der Waals surface area contributed by atoms with Gasteiger partial charge in [-0.25, -0.2) is 0 Å². The van der Waals surface area contributed by atoms with Crippen molar-refractivity contribution < 1.29 is 18.9 Å². The first kappa shape index (κ1) is 50.2. The molecule has 69 heavy (non-hydrogen) atoms. The Labute approximate surface area is 415 Å². The van der Waals surface area contributed by atoms with Crippen LogP contribution in [0.5, 0.6) is 0 Å². The van der Waals surface area contributed by atoms with Crippen LogP contribution in [0.1, 0.15) is 108 Å². The van der Waals surface area contributed by atoms with E-state index in [1.807, 2.05) is 0 Å². The summed E-state index contributed by atoms with van der Waals surface area (Å²) in [5, 5.41) is 0. The van der Waals surface area contributed by atoms with Crippen molar-refractivity contribution in [1.29, 1.82) is 0 Å². The first-order chi connectivity index (χ1) is 34.1. The van der Waals surface area contributed by atoms with E-state index in [9.17, 15) is 0 Å². The number of anilines is 6. The first-order valence-electron chi connectivity index (χ1n) is 26.5. The summed E-state index contributed by atoms with van der Waals surface area (Å²) < 4.78 is 22.9. The first-order valence-corrected chi connectivity index (χ1v) is 26.5. The molecule has 2 saturated heterocycles. The van der Waals surface area contributed by atoms with Crippen LogP contribution in [0.25, 0.3) is 11.1 Å². The number of unbranched alkanes of at least 4 members (excludes halogenated alkanes) is 9. The highest BCUT2D eigenvalue weighted by Crippen LogP contribution is 2.39. The smallest absolute Gasteiger partial charge is 0.0566 e. The molecule has 0 unspecified atom stereocenters. The van der Waals surface area contributed by atoms with Crippen molar-refractivity contribution in [2.45, 2.75) is 110 Å². The van der Waals surface area contributed by atoms with Crippen molar-refractivity contribution in [2.75, 3.05) is 62.7 Å². The number of nitrogens with zero attached hydrogens (tertiary/aromatic N) is 2. The van der Waals surface area contributed by atoms with Crippen molar-refractivity contribution in [2.24, 2.45) is 10.8 Å². The SMILES string of the molecule is CCC1(COCCCCCCCCCc2ccc(N(c3ccccc3)c3ccc(-c4ccc(N(c5ccccc5)c5ccc(CCCCCCOCC6(CC)COC6)cc5)cc4)cc3)cc2)COC1. The maximum Gasteiger partial charge on any atom is 0.0566 e. The van der Waals surface area contributed by atoms with Crippen LogP contribution in [-0.4, -0.2) is 52.9 Å². The van der Waals surface area contributed by atoms with Crippen LogP contribution in [-0.2, 0) is 31.8 Å². The van der Waals surface area contributed by atoms with E-state index < -0.39 is 0 Å². The molecular weight excluding hydrogens is 849 g/mol. The molecule has 0 saturated carbocycles. The third kappa shape index (κ3) is 14.2. The van der Waals surface area contributed by atoms with E-state index in [2.05, 4.69) is 181 Å². The number of para-hydroxylation sites is 2. The van der Waals surface area contributed by atoms with Gasteiger partial charge in [-0.05, 0) is 146 Å². The van der Waals surface area contributed by atoms with Crippen LogP contribution in [0.4, 0.5) is 34.1 Å². The van der Waals surface area contributed by atoms with Crippen molar-refractivity contribution in [3.05, 3.63) is 169 Å². The summed E-state index contributed by atoms with van der Waals surface area (Å²) in [5.41, 5.74) is 12.7. The third-order valence-corrected chi connectivity index (χ3v) is 14.7. The van der Waals surface area contributed by atoms with Gasteiger partial charge in [0.2, 0.25) is 0 Å². The molecule has 364 valence electrons. The normalized spacial score (nSPS) is 14.8. The van der Waals surface area contributed by atoms with Gasteiger partial charge in [-0.1, -0.05) is 144 Å². The second kappa shape index (κ2) is 26.1. The number of benzene rings is 6. The van der Waals surface area contributed by atoms with Crippen LogP contribution in [0.15, 0.2) is 158 Å². The molecule has 2 aliphatic heterocycles. The Balaban J connectivity index is 0.818. The van der Waals surface area contributed by atoms with Gasteiger partial charge in [0.25, 0.3) is 0 Å². The van der Waals surface area contributed by atoms with Gasteiger partial charge in [0.15, 0.2) is 0 Å². The molecule has 0 spiro atoms. The molecule has 0 N–H and O–H groups in total. The number of hydrogen-bond donors (Lipinski definition) is 0. The fourth-order valence-electron chi connectivity index (χ4n) is 9.72. The topological polar surface area (TPSA) is 43.4 Å². The Kier molecular flexibility index (Phi) is 19.0. The zero-order valence-corrected chi connectivity index (χ0v) is 41.8. The fourth-order valence-corrected chi connectivity index (χ4v) is 9.72. The Morgan fingerprint density at radius 3 is 0.986 bits per heavy atom. The van der Waals surface area contributed by atoms with E-state index in [1.54, 1.807) is 0 Å². The molecule has 6 heteroatoms. The van der Waals surface area contributed by atoms with E-state index in [4.69, 9.17) is 18.9 Å². The predicted molar refractivity (Wildman–Crippen MR) is 288 cm³/mol. The van der Waals surface area contributed by atoms with E-state index >= 15 is 0 Å². The Morgan fingerprint density at radius 1 is 0.362 bits per heavy atom. The molecule has 0 aromatic heterocycles. The molecule has 6 aromatic rings. The van der Waals surface area contributed by atoms with Crippen LogP contribution >= 0.6 is 0 Å². The Hall–Kier alpha value is -5.24. The minimum Gasteiger partial charge on any atom is -0.381 e. The summed E-state index contributed by atoms with van der Waals surface area (Å²) in [6.45, 7) is 11.4. The molecule has 0 amide bonds. The highest BCUT2D eigenvalue weighted by Gasteiger charge is 2.37. The molecule has 2 heterocycles. The lowest BCUT2D eigenvalue weighted by atomic mass is 9.84. The average Bonchev–Trinajstić information content (AvgIpc) is 3.37. The second-order valence-electron chi connectivity index (χ2n) is 20.0. The maximum absolute atomic E-state index is 6.02.